The van der Waals surface area contributed by atoms with Crippen LogP contribution in [0.25, 0.3) is 22.2 Å². The summed E-state index contributed by atoms with van der Waals surface area (Å²) in [5, 5.41) is 13.3. The van der Waals surface area contributed by atoms with E-state index in [9.17, 15) is 18.3 Å². The predicted molar refractivity (Wildman–Crippen MR) is 154 cm³/mol. The lowest BCUT2D eigenvalue weighted by Crippen LogP contribution is -2.29. The second-order valence-corrected chi connectivity index (χ2v) is 12.4. The molecule has 5 rings (SSSR count). The zero-order valence-electron chi connectivity index (χ0n) is 22.9. The minimum absolute atomic E-state index is 0.0491. The molecule has 2 heterocycles. The van der Waals surface area contributed by atoms with Crippen molar-refractivity contribution in [2.24, 2.45) is 0 Å². The first-order valence-electron chi connectivity index (χ1n) is 13.5. The van der Waals surface area contributed by atoms with Gasteiger partial charge in [-0.05, 0) is 57.2 Å². The molecule has 1 aliphatic rings. The smallest absolute Gasteiger partial charge is 0.260 e. The average Bonchev–Trinajstić information content (AvgIpc) is 2.94. The Labute approximate surface area is 240 Å². The van der Waals surface area contributed by atoms with Gasteiger partial charge >= 0.3 is 0 Å². The third-order valence-corrected chi connectivity index (χ3v) is 8.45. The standard InChI is InChI=1S/C29H30F3N5O4S/c1-16(2)37-27-18(14-33-29(35-27)34-19-8-10-20(38)11-9-19)12-22(28(37)39)21-13-23(30)26(25(32)24(21)31)36-42(40,41)15-17-6-4-3-5-7-17/h3-7,12-14,16,19-20,36,38H,8-11,15H2,1-2H3,(H,33,34,35)/t19-,20-. The number of halogens is 3. The van der Waals surface area contributed by atoms with E-state index in [0.717, 1.165) is 12.8 Å². The molecule has 0 unspecified atom stereocenters. The number of hydrogen-bond donors (Lipinski definition) is 3. The van der Waals surface area contributed by atoms with Crippen LogP contribution in [0, 0.1) is 17.5 Å². The Balaban J connectivity index is 1.52. The van der Waals surface area contributed by atoms with E-state index >= 15 is 13.2 Å². The molecule has 2 aromatic carbocycles. The molecule has 42 heavy (non-hydrogen) atoms. The number of aromatic nitrogens is 3. The molecule has 4 aromatic rings. The van der Waals surface area contributed by atoms with Gasteiger partial charge in [-0.1, -0.05) is 30.3 Å². The van der Waals surface area contributed by atoms with Crippen molar-refractivity contribution in [2.45, 2.75) is 63.5 Å². The van der Waals surface area contributed by atoms with E-state index in [0.29, 0.717) is 29.9 Å². The molecular weight excluding hydrogens is 571 g/mol. The minimum Gasteiger partial charge on any atom is -0.393 e. The first kappa shape index (κ1) is 29.5. The Hall–Kier alpha value is -3.97. The van der Waals surface area contributed by atoms with E-state index in [4.69, 9.17) is 0 Å². The van der Waals surface area contributed by atoms with Crippen molar-refractivity contribution < 1.29 is 26.7 Å². The van der Waals surface area contributed by atoms with Gasteiger partial charge in [-0.25, -0.2) is 26.6 Å². The van der Waals surface area contributed by atoms with Crippen molar-refractivity contribution in [3.63, 3.8) is 0 Å². The molecule has 3 N–H and O–H groups in total. The van der Waals surface area contributed by atoms with Crippen LogP contribution in [0.15, 0.2) is 53.5 Å². The Morgan fingerprint density at radius 1 is 1.02 bits per heavy atom. The maximum absolute atomic E-state index is 15.4. The number of pyridine rings is 1. The highest BCUT2D eigenvalue weighted by Crippen LogP contribution is 2.32. The van der Waals surface area contributed by atoms with Crippen LogP contribution in [0.1, 0.15) is 51.1 Å². The third-order valence-electron chi connectivity index (χ3n) is 7.23. The molecule has 2 aromatic heterocycles. The maximum atomic E-state index is 15.4. The Morgan fingerprint density at radius 2 is 1.71 bits per heavy atom. The van der Waals surface area contributed by atoms with E-state index in [1.54, 1.807) is 36.8 Å². The van der Waals surface area contributed by atoms with E-state index in [1.165, 1.54) is 29.0 Å². The first-order valence-corrected chi connectivity index (χ1v) is 15.2. The van der Waals surface area contributed by atoms with Gasteiger partial charge in [0.2, 0.25) is 16.0 Å². The third kappa shape index (κ3) is 6.12. The molecule has 1 fully saturated rings. The van der Waals surface area contributed by atoms with Gasteiger partial charge in [-0.3, -0.25) is 14.1 Å². The van der Waals surface area contributed by atoms with Crippen molar-refractivity contribution in [2.75, 3.05) is 10.0 Å². The van der Waals surface area contributed by atoms with Gasteiger partial charge in [-0.15, -0.1) is 0 Å². The molecule has 1 aliphatic carbocycles. The lowest BCUT2D eigenvalue weighted by Gasteiger charge is -2.26. The van der Waals surface area contributed by atoms with Crippen LogP contribution in [-0.2, 0) is 15.8 Å². The second-order valence-electron chi connectivity index (χ2n) is 10.7. The Kier molecular flexibility index (Phi) is 8.24. The summed E-state index contributed by atoms with van der Waals surface area (Å²) in [5.74, 6) is -5.05. The van der Waals surface area contributed by atoms with Gasteiger partial charge in [0.05, 0.1) is 17.4 Å². The first-order chi connectivity index (χ1) is 19.9. The highest BCUT2D eigenvalue weighted by atomic mass is 32.2. The minimum atomic E-state index is -4.30. The van der Waals surface area contributed by atoms with E-state index in [2.05, 4.69) is 15.3 Å². The number of aliphatic hydroxyl groups excluding tert-OH is 1. The summed E-state index contributed by atoms with van der Waals surface area (Å²) in [6.45, 7) is 3.43. The highest BCUT2D eigenvalue weighted by Gasteiger charge is 2.27. The fraction of sp³-hybridized carbons (Fsp3) is 0.345. The molecule has 222 valence electrons. The largest absolute Gasteiger partial charge is 0.393 e. The molecule has 0 radical (unpaired) electrons. The average molecular weight is 602 g/mol. The molecule has 0 spiro atoms. The van der Waals surface area contributed by atoms with Gasteiger partial charge in [0.25, 0.3) is 5.56 Å². The van der Waals surface area contributed by atoms with Crippen LogP contribution in [0.2, 0.25) is 0 Å². The van der Waals surface area contributed by atoms with Gasteiger partial charge < -0.3 is 10.4 Å². The van der Waals surface area contributed by atoms with Gasteiger partial charge in [-0.2, -0.15) is 4.98 Å². The zero-order valence-corrected chi connectivity index (χ0v) is 23.8. The van der Waals surface area contributed by atoms with E-state index in [1.807, 2.05) is 0 Å². The molecule has 9 nitrogen and oxygen atoms in total. The summed E-state index contributed by atoms with van der Waals surface area (Å²) in [5.41, 5.74) is -2.30. The Morgan fingerprint density at radius 3 is 2.38 bits per heavy atom. The van der Waals surface area contributed by atoms with Crippen molar-refractivity contribution >= 4 is 32.7 Å². The molecule has 0 saturated heterocycles. The van der Waals surface area contributed by atoms with Crippen LogP contribution in [0.4, 0.5) is 24.8 Å². The summed E-state index contributed by atoms with van der Waals surface area (Å²) >= 11 is 0. The molecule has 13 heteroatoms. The summed E-state index contributed by atoms with van der Waals surface area (Å²) < 4.78 is 74.0. The number of benzene rings is 2. The molecule has 0 bridgehead atoms. The molecule has 0 amide bonds. The fourth-order valence-corrected chi connectivity index (χ4v) is 6.34. The van der Waals surface area contributed by atoms with Crippen LogP contribution in [0.3, 0.4) is 0 Å². The van der Waals surface area contributed by atoms with Crippen molar-refractivity contribution in [3.05, 3.63) is 82.0 Å². The summed E-state index contributed by atoms with van der Waals surface area (Å²) in [6.07, 6.45) is 3.86. The van der Waals surface area contributed by atoms with E-state index < -0.39 is 56.1 Å². The van der Waals surface area contributed by atoms with Crippen molar-refractivity contribution in [1.82, 2.24) is 14.5 Å². The monoisotopic (exact) mass is 601 g/mol. The Bertz CT molecular complexity index is 1790. The number of fused-ring (bicyclic) bond motifs is 1. The van der Waals surface area contributed by atoms with Crippen LogP contribution < -0.4 is 15.6 Å². The molecular formula is C29H30F3N5O4S. The number of sulfonamides is 1. The lowest BCUT2D eigenvalue weighted by molar-refractivity contribution is 0.126. The van der Waals surface area contributed by atoms with Crippen LogP contribution >= 0.6 is 0 Å². The summed E-state index contributed by atoms with van der Waals surface area (Å²) in [7, 11) is -4.30. The van der Waals surface area contributed by atoms with E-state index in [-0.39, 0.29) is 29.3 Å². The van der Waals surface area contributed by atoms with Crippen LogP contribution in [-0.4, -0.2) is 40.2 Å². The van der Waals surface area contributed by atoms with Crippen molar-refractivity contribution in [1.29, 1.82) is 0 Å². The second kappa shape index (κ2) is 11.7. The summed E-state index contributed by atoms with van der Waals surface area (Å²) in [4.78, 5) is 22.4. The predicted octanol–water partition coefficient (Wildman–Crippen LogP) is 5.11. The molecule has 1 saturated carbocycles. The molecule has 0 aliphatic heterocycles. The quantitative estimate of drug-likeness (QED) is 0.240. The fourth-order valence-electron chi connectivity index (χ4n) is 5.13. The number of nitrogens with zero attached hydrogens (tertiary/aromatic N) is 3. The van der Waals surface area contributed by atoms with Crippen LogP contribution in [0.5, 0.6) is 0 Å². The number of hydrogen-bond acceptors (Lipinski definition) is 7. The van der Waals surface area contributed by atoms with Crippen molar-refractivity contribution in [3.8, 4) is 11.1 Å². The summed E-state index contributed by atoms with van der Waals surface area (Å²) in [6, 6.07) is 9.40. The number of anilines is 2. The lowest BCUT2D eigenvalue weighted by atomic mass is 9.93. The zero-order chi connectivity index (χ0) is 30.2. The van der Waals surface area contributed by atoms with Gasteiger partial charge in [0.15, 0.2) is 17.5 Å². The topological polar surface area (TPSA) is 126 Å². The van der Waals surface area contributed by atoms with Gasteiger partial charge in [0.1, 0.15) is 11.3 Å². The maximum Gasteiger partial charge on any atom is 0.260 e. The number of aliphatic hydroxyl groups is 1. The number of rotatable bonds is 8. The SMILES string of the molecule is CC(C)n1c(=O)c(-c2cc(F)c(NS(=O)(=O)Cc3ccccc3)c(F)c2F)cc2cnc(N[C@H]3CC[C@H](O)CC3)nc21. The number of nitrogens with one attached hydrogen (secondary N) is 2. The normalized spacial score (nSPS) is 17.5. The highest BCUT2D eigenvalue weighted by molar-refractivity contribution is 7.91. The molecule has 0 atom stereocenters. The van der Waals surface area contributed by atoms with Gasteiger partial charge in [0, 0.05) is 29.2 Å².